The van der Waals surface area contributed by atoms with Gasteiger partial charge in [-0.3, -0.25) is 14.7 Å². The van der Waals surface area contributed by atoms with Crippen LogP contribution in [0.15, 0.2) is 29.9 Å². The third kappa shape index (κ3) is 4.61. The summed E-state index contributed by atoms with van der Waals surface area (Å²) in [6.45, 7) is 3.16. The fourth-order valence-electron chi connectivity index (χ4n) is 4.68. The van der Waals surface area contributed by atoms with Gasteiger partial charge in [0.1, 0.15) is 5.01 Å². The van der Waals surface area contributed by atoms with E-state index in [0.717, 1.165) is 22.8 Å². The van der Waals surface area contributed by atoms with Crippen LogP contribution in [0, 0.1) is 0 Å². The molecule has 1 aliphatic heterocycles. The van der Waals surface area contributed by atoms with Crippen LogP contribution in [0.2, 0.25) is 0 Å². The van der Waals surface area contributed by atoms with Crippen molar-refractivity contribution in [3.63, 3.8) is 0 Å². The molecule has 5 nitrogen and oxygen atoms in total. The smallest absolute Gasteiger partial charge is 0.226 e. The molecular formula is C22H30N4OS. The Morgan fingerprint density at radius 2 is 1.93 bits per heavy atom. The van der Waals surface area contributed by atoms with Gasteiger partial charge >= 0.3 is 0 Å². The minimum Gasteiger partial charge on any atom is -0.354 e. The molecule has 1 saturated heterocycles. The van der Waals surface area contributed by atoms with E-state index >= 15 is 0 Å². The number of nitrogens with one attached hydrogen (secondary N) is 1. The lowest BCUT2D eigenvalue weighted by Crippen LogP contribution is -2.58. The Morgan fingerprint density at radius 1 is 1.14 bits per heavy atom. The molecule has 0 bridgehead atoms. The van der Waals surface area contributed by atoms with Gasteiger partial charge in [0.05, 0.1) is 12.1 Å². The first-order valence-electron chi connectivity index (χ1n) is 10.6. The molecule has 0 unspecified atom stereocenters. The monoisotopic (exact) mass is 398 g/mol. The van der Waals surface area contributed by atoms with E-state index in [0.29, 0.717) is 6.42 Å². The van der Waals surface area contributed by atoms with E-state index < -0.39 is 0 Å². The van der Waals surface area contributed by atoms with Crippen molar-refractivity contribution in [3.8, 4) is 10.6 Å². The summed E-state index contributed by atoms with van der Waals surface area (Å²) in [6.07, 6.45) is 14.2. The maximum Gasteiger partial charge on any atom is 0.226 e. The van der Waals surface area contributed by atoms with Crippen LogP contribution in [-0.4, -0.2) is 45.9 Å². The van der Waals surface area contributed by atoms with Gasteiger partial charge in [0.15, 0.2) is 0 Å². The van der Waals surface area contributed by atoms with Gasteiger partial charge in [-0.15, -0.1) is 11.3 Å². The highest BCUT2D eigenvalue weighted by molar-refractivity contribution is 7.13. The third-order valence-corrected chi connectivity index (χ3v) is 7.17. The fraction of sp³-hybridized carbons (Fsp3) is 0.591. The average molecular weight is 399 g/mol. The summed E-state index contributed by atoms with van der Waals surface area (Å²) < 4.78 is 0. The normalized spacial score (nSPS) is 20.0. The summed E-state index contributed by atoms with van der Waals surface area (Å²) in [7, 11) is 0. The maximum atomic E-state index is 12.6. The molecule has 0 aromatic carbocycles. The third-order valence-electron chi connectivity index (χ3n) is 6.23. The Balaban J connectivity index is 1.35. The van der Waals surface area contributed by atoms with Crippen molar-refractivity contribution in [2.75, 3.05) is 19.6 Å². The van der Waals surface area contributed by atoms with E-state index in [4.69, 9.17) is 0 Å². The van der Waals surface area contributed by atoms with Gasteiger partial charge in [-0.1, -0.05) is 25.7 Å². The highest BCUT2D eigenvalue weighted by Crippen LogP contribution is 2.35. The molecule has 6 heteroatoms. The molecule has 2 aliphatic rings. The minimum atomic E-state index is 0.0880. The fourth-order valence-corrected chi connectivity index (χ4v) is 5.49. The second-order valence-corrected chi connectivity index (χ2v) is 9.03. The number of likely N-dealkylation sites (tertiary alicyclic amines) is 1. The Hall–Kier alpha value is -1.79. The van der Waals surface area contributed by atoms with Crippen LogP contribution >= 0.6 is 11.3 Å². The second kappa shape index (κ2) is 9.14. The second-order valence-electron chi connectivity index (χ2n) is 8.17. The number of nitrogens with zero attached hydrogens (tertiary/aromatic N) is 3. The Morgan fingerprint density at radius 3 is 2.68 bits per heavy atom. The van der Waals surface area contributed by atoms with Crippen LogP contribution in [-0.2, 0) is 11.2 Å². The SMILES string of the molecule is O=C(Cc1csc(-c2cccnc2)n1)NCC1(N2CCCCC2)CCCCC1. The molecule has 1 saturated carbocycles. The number of carbonyl (C=O) groups is 1. The van der Waals surface area contributed by atoms with Crippen molar-refractivity contribution < 1.29 is 4.79 Å². The van der Waals surface area contributed by atoms with Crippen LogP contribution in [0.25, 0.3) is 10.6 Å². The summed E-state index contributed by atoms with van der Waals surface area (Å²) in [4.78, 5) is 24.1. The summed E-state index contributed by atoms with van der Waals surface area (Å²) in [5, 5.41) is 6.17. The van der Waals surface area contributed by atoms with Crippen LogP contribution in [0.5, 0.6) is 0 Å². The van der Waals surface area contributed by atoms with Gasteiger partial charge in [-0.2, -0.15) is 0 Å². The number of thiazole rings is 1. The number of rotatable bonds is 6. The van der Waals surface area contributed by atoms with Gasteiger partial charge in [0.2, 0.25) is 5.91 Å². The number of amides is 1. The molecule has 0 atom stereocenters. The molecule has 28 heavy (non-hydrogen) atoms. The molecule has 150 valence electrons. The predicted octanol–water partition coefficient (Wildman–Crippen LogP) is 4.05. The molecule has 0 radical (unpaired) electrons. The van der Waals surface area contributed by atoms with Crippen LogP contribution in [0.1, 0.15) is 57.1 Å². The number of hydrogen-bond donors (Lipinski definition) is 1. The Bertz CT molecular complexity index is 764. The molecule has 4 rings (SSSR count). The molecular weight excluding hydrogens is 368 g/mol. The molecule has 3 heterocycles. The lowest BCUT2D eigenvalue weighted by Gasteiger charge is -2.48. The summed E-state index contributed by atoms with van der Waals surface area (Å²) in [5.74, 6) is 0.0880. The number of piperidine rings is 1. The van der Waals surface area contributed by atoms with Crippen molar-refractivity contribution >= 4 is 17.2 Å². The van der Waals surface area contributed by atoms with Crippen LogP contribution < -0.4 is 5.32 Å². The zero-order valence-corrected chi connectivity index (χ0v) is 17.3. The standard InChI is InChI=1S/C22H30N4OS/c27-20(14-19-16-28-21(25-19)18-8-7-11-23-15-18)24-17-22(9-3-1-4-10-22)26-12-5-2-6-13-26/h7-8,11,15-16H,1-6,9-10,12-14,17H2,(H,24,27). The number of carbonyl (C=O) groups excluding carboxylic acids is 1. The van der Waals surface area contributed by atoms with E-state index in [1.807, 2.05) is 23.7 Å². The quantitative estimate of drug-likeness (QED) is 0.797. The van der Waals surface area contributed by atoms with Gasteiger partial charge in [0, 0.05) is 35.4 Å². The Labute approximate surface area is 171 Å². The van der Waals surface area contributed by atoms with Crippen LogP contribution in [0.4, 0.5) is 0 Å². The van der Waals surface area contributed by atoms with Crippen LogP contribution in [0.3, 0.4) is 0 Å². The molecule has 1 aliphatic carbocycles. The predicted molar refractivity (Wildman–Crippen MR) is 113 cm³/mol. The lowest BCUT2D eigenvalue weighted by molar-refractivity contribution is -0.121. The van der Waals surface area contributed by atoms with Gasteiger partial charge in [-0.05, 0) is 50.9 Å². The first kappa shape index (κ1) is 19.5. The topological polar surface area (TPSA) is 58.1 Å². The van der Waals surface area contributed by atoms with Crippen molar-refractivity contribution in [1.29, 1.82) is 0 Å². The maximum absolute atomic E-state index is 12.6. The van der Waals surface area contributed by atoms with Crippen molar-refractivity contribution in [2.45, 2.75) is 63.3 Å². The Kier molecular flexibility index (Phi) is 6.37. The average Bonchev–Trinajstić information content (AvgIpc) is 3.23. The van der Waals surface area contributed by atoms with Gasteiger partial charge in [0.25, 0.3) is 0 Å². The zero-order chi connectivity index (χ0) is 19.2. The summed E-state index contributed by atoms with van der Waals surface area (Å²) >= 11 is 1.57. The van der Waals surface area contributed by atoms with Crippen molar-refractivity contribution in [1.82, 2.24) is 20.2 Å². The van der Waals surface area contributed by atoms with E-state index in [1.165, 1.54) is 64.5 Å². The van der Waals surface area contributed by atoms with E-state index in [-0.39, 0.29) is 11.4 Å². The largest absolute Gasteiger partial charge is 0.354 e. The molecule has 0 spiro atoms. The highest BCUT2D eigenvalue weighted by atomic mass is 32.1. The van der Waals surface area contributed by atoms with Crippen molar-refractivity contribution in [2.24, 2.45) is 0 Å². The van der Waals surface area contributed by atoms with Gasteiger partial charge < -0.3 is 5.32 Å². The highest BCUT2D eigenvalue weighted by Gasteiger charge is 2.38. The number of pyridine rings is 1. The van der Waals surface area contributed by atoms with Crippen molar-refractivity contribution in [3.05, 3.63) is 35.6 Å². The minimum absolute atomic E-state index is 0.0880. The lowest BCUT2D eigenvalue weighted by atomic mass is 9.79. The molecule has 2 aromatic heterocycles. The first-order valence-corrected chi connectivity index (χ1v) is 11.5. The van der Waals surface area contributed by atoms with E-state index in [2.05, 4.69) is 20.2 Å². The van der Waals surface area contributed by atoms with Gasteiger partial charge in [-0.25, -0.2) is 4.98 Å². The molecule has 2 aromatic rings. The first-order chi connectivity index (χ1) is 13.8. The number of aromatic nitrogens is 2. The van der Waals surface area contributed by atoms with E-state index in [9.17, 15) is 4.79 Å². The molecule has 2 fully saturated rings. The zero-order valence-electron chi connectivity index (χ0n) is 16.5. The summed E-state index contributed by atoms with van der Waals surface area (Å²) in [6, 6.07) is 3.91. The molecule has 1 N–H and O–H groups in total. The molecule has 1 amide bonds. The van der Waals surface area contributed by atoms with E-state index in [1.54, 1.807) is 17.5 Å². The number of hydrogen-bond acceptors (Lipinski definition) is 5. The summed E-state index contributed by atoms with van der Waals surface area (Å²) in [5.41, 5.74) is 2.03.